The summed E-state index contributed by atoms with van der Waals surface area (Å²) in [4.78, 5) is 12.8. The summed E-state index contributed by atoms with van der Waals surface area (Å²) in [5.74, 6) is -0.365. The zero-order chi connectivity index (χ0) is 16.6. The number of hydrogen-bond donors (Lipinski definition) is 1. The van der Waals surface area contributed by atoms with Crippen molar-refractivity contribution in [1.29, 1.82) is 10.5 Å². The number of benzene rings is 1. The normalized spacial score (nSPS) is 10.4. The molecule has 7 heteroatoms. The van der Waals surface area contributed by atoms with Crippen molar-refractivity contribution in [2.75, 3.05) is 6.26 Å². The molecule has 2 heterocycles. The molecule has 3 rings (SSSR count). The first kappa shape index (κ1) is 14.9. The van der Waals surface area contributed by atoms with Crippen LogP contribution in [0, 0.1) is 28.5 Å². The van der Waals surface area contributed by atoms with Crippen molar-refractivity contribution in [1.82, 2.24) is 9.61 Å². The molecule has 112 valence electrons. The number of fused-ring (bicyclic) bond motifs is 1. The van der Waals surface area contributed by atoms with Crippen molar-refractivity contribution in [3.63, 3.8) is 0 Å². The van der Waals surface area contributed by atoms with Gasteiger partial charge in [-0.2, -0.15) is 10.5 Å². The lowest BCUT2D eigenvalue weighted by Crippen LogP contribution is -2.19. The van der Waals surface area contributed by atoms with Crippen LogP contribution in [-0.2, 0) is 0 Å². The van der Waals surface area contributed by atoms with Gasteiger partial charge in [0.05, 0.1) is 21.7 Å². The van der Waals surface area contributed by atoms with Crippen molar-refractivity contribution in [3.05, 3.63) is 57.6 Å². The summed E-state index contributed by atoms with van der Waals surface area (Å²) in [6.45, 7) is 0. The highest BCUT2D eigenvalue weighted by atomic mass is 32.2. The van der Waals surface area contributed by atoms with Gasteiger partial charge in [-0.15, -0.1) is 11.8 Å². The first-order valence-electron chi connectivity index (χ1n) is 6.52. The molecule has 0 fully saturated rings. The Hall–Kier alpha value is -3.03. The largest absolute Gasteiger partial charge is 0.290 e. The number of nitriles is 2. The van der Waals surface area contributed by atoms with E-state index >= 15 is 0 Å². The molecule has 0 bridgehead atoms. The zero-order valence-electron chi connectivity index (χ0n) is 11.9. The number of nitrogens with one attached hydrogen (secondary N) is 1. The molecule has 5 nitrogen and oxygen atoms in total. The molecule has 0 aliphatic carbocycles. The Bertz CT molecular complexity index is 1050. The van der Waals surface area contributed by atoms with E-state index in [4.69, 9.17) is 0 Å². The van der Waals surface area contributed by atoms with Crippen LogP contribution in [0.1, 0.15) is 11.1 Å². The Morgan fingerprint density at radius 3 is 2.39 bits per heavy atom. The minimum Gasteiger partial charge on any atom is -0.290 e. The summed E-state index contributed by atoms with van der Waals surface area (Å²) in [6, 6.07) is 11.3. The first-order valence-corrected chi connectivity index (χ1v) is 7.75. The lowest BCUT2D eigenvalue weighted by Gasteiger charge is -2.04. The van der Waals surface area contributed by atoms with Crippen molar-refractivity contribution in [2.24, 2.45) is 0 Å². The quantitative estimate of drug-likeness (QED) is 0.735. The van der Waals surface area contributed by atoms with Crippen LogP contribution >= 0.6 is 11.8 Å². The monoisotopic (exact) mass is 324 g/mol. The minimum atomic E-state index is -0.515. The van der Waals surface area contributed by atoms with Gasteiger partial charge < -0.3 is 0 Å². The standard InChI is InChI=1S/C16H9FN4OS/c1-23-15-11(7-18)14-6-13(9-2-4-10(17)5-3-9)20-21(14)16(22)12(15)8-19/h2-6,20H,1H3. The van der Waals surface area contributed by atoms with Crippen LogP contribution in [0.15, 0.2) is 40.0 Å². The second-order valence-electron chi connectivity index (χ2n) is 4.71. The molecule has 1 N–H and O–H groups in total. The number of rotatable bonds is 2. The number of hydrogen-bond acceptors (Lipinski definition) is 4. The molecule has 0 aliphatic rings. The second kappa shape index (κ2) is 5.64. The molecule has 0 amide bonds. The smallest absolute Gasteiger partial charge is 0.288 e. The third-order valence-electron chi connectivity index (χ3n) is 3.46. The van der Waals surface area contributed by atoms with E-state index in [0.29, 0.717) is 21.7 Å². The molecule has 0 radical (unpaired) electrons. The summed E-state index contributed by atoms with van der Waals surface area (Å²) < 4.78 is 14.2. The Balaban J connectivity index is 2.38. The number of nitrogens with zero attached hydrogens (tertiary/aromatic N) is 3. The third kappa shape index (κ3) is 2.28. The third-order valence-corrected chi connectivity index (χ3v) is 4.28. The van der Waals surface area contributed by atoms with Crippen molar-refractivity contribution in [2.45, 2.75) is 4.90 Å². The number of thioether (sulfide) groups is 1. The van der Waals surface area contributed by atoms with Crippen LogP contribution in [0.3, 0.4) is 0 Å². The van der Waals surface area contributed by atoms with Gasteiger partial charge >= 0.3 is 0 Å². The maximum absolute atomic E-state index is 13.0. The fourth-order valence-corrected chi connectivity index (χ4v) is 3.09. The zero-order valence-corrected chi connectivity index (χ0v) is 12.7. The van der Waals surface area contributed by atoms with Gasteiger partial charge in [0.1, 0.15) is 23.5 Å². The van der Waals surface area contributed by atoms with E-state index in [2.05, 4.69) is 11.2 Å². The van der Waals surface area contributed by atoms with Crippen LogP contribution in [-0.4, -0.2) is 15.9 Å². The molecule has 0 saturated heterocycles. The second-order valence-corrected chi connectivity index (χ2v) is 5.53. The molecule has 0 aliphatic heterocycles. The van der Waals surface area contributed by atoms with Gasteiger partial charge in [-0.1, -0.05) is 0 Å². The molecule has 3 aromatic rings. The lowest BCUT2D eigenvalue weighted by atomic mass is 10.1. The van der Waals surface area contributed by atoms with E-state index in [1.165, 1.54) is 28.4 Å². The van der Waals surface area contributed by atoms with Crippen molar-refractivity contribution < 1.29 is 4.39 Å². The van der Waals surface area contributed by atoms with Gasteiger partial charge in [0.2, 0.25) is 0 Å². The van der Waals surface area contributed by atoms with Gasteiger partial charge in [0.25, 0.3) is 5.56 Å². The molecule has 2 aromatic heterocycles. The number of pyridine rings is 1. The van der Waals surface area contributed by atoms with Crippen LogP contribution in [0.2, 0.25) is 0 Å². The summed E-state index contributed by atoms with van der Waals surface area (Å²) in [5, 5.41) is 21.5. The summed E-state index contributed by atoms with van der Waals surface area (Å²) in [5.41, 5.74) is 1.29. The number of aromatic nitrogens is 2. The van der Waals surface area contributed by atoms with E-state index in [9.17, 15) is 19.7 Å². The molecule has 0 saturated carbocycles. The van der Waals surface area contributed by atoms with E-state index in [0.717, 1.165) is 0 Å². The highest BCUT2D eigenvalue weighted by Gasteiger charge is 2.19. The van der Waals surface area contributed by atoms with Crippen molar-refractivity contribution >= 4 is 17.3 Å². The Morgan fingerprint density at radius 1 is 1.17 bits per heavy atom. The van der Waals surface area contributed by atoms with E-state index in [1.807, 2.05) is 6.07 Å². The maximum Gasteiger partial charge on any atom is 0.288 e. The molecule has 23 heavy (non-hydrogen) atoms. The summed E-state index contributed by atoms with van der Waals surface area (Å²) in [7, 11) is 0. The van der Waals surface area contributed by atoms with Gasteiger partial charge in [0.15, 0.2) is 0 Å². The molecule has 0 unspecified atom stereocenters. The molecule has 0 spiro atoms. The predicted molar refractivity (Wildman–Crippen MR) is 84.6 cm³/mol. The highest BCUT2D eigenvalue weighted by Crippen LogP contribution is 2.28. The van der Waals surface area contributed by atoms with Gasteiger partial charge in [-0.05, 0) is 42.2 Å². The SMILES string of the molecule is CSc1c(C#N)c(=O)n2[nH]c(-c3ccc(F)cc3)cc2c1C#N. The summed E-state index contributed by atoms with van der Waals surface area (Å²) in [6.07, 6.45) is 1.71. The van der Waals surface area contributed by atoms with Gasteiger partial charge in [-0.25, -0.2) is 8.91 Å². The Labute approximate surface area is 134 Å². The van der Waals surface area contributed by atoms with Gasteiger partial charge in [0, 0.05) is 0 Å². The van der Waals surface area contributed by atoms with Crippen LogP contribution in [0.25, 0.3) is 16.8 Å². The van der Waals surface area contributed by atoms with Gasteiger partial charge in [-0.3, -0.25) is 9.89 Å². The fourth-order valence-electron chi connectivity index (χ4n) is 2.40. The lowest BCUT2D eigenvalue weighted by molar-refractivity contribution is 0.628. The predicted octanol–water partition coefficient (Wildman–Crippen LogP) is 2.90. The highest BCUT2D eigenvalue weighted by molar-refractivity contribution is 7.98. The van der Waals surface area contributed by atoms with Crippen LogP contribution < -0.4 is 5.56 Å². The molecular formula is C16H9FN4OS. The van der Waals surface area contributed by atoms with Crippen molar-refractivity contribution in [3.8, 4) is 23.4 Å². The number of halogens is 1. The van der Waals surface area contributed by atoms with E-state index < -0.39 is 5.56 Å². The molecule has 1 aromatic carbocycles. The Kier molecular flexibility index (Phi) is 3.65. The maximum atomic E-state index is 13.0. The average Bonchev–Trinajstić information content (AvgIpc) is 3.00. The molecule has 0 atom stereocenters. The minimum absolute atomic E-state index is 0.0703. The average molecular weight is 324 g/mol. The van der Waals surface area contributed by atoms with Crippen LogP contribution in [0.4, 0.5) is 4.39 Å². The molecular weight excluding hydrogens is 315 g/mol. The summed E-state index contributed by atoms with van der Waals surface area (Å²) >= 11 is 1.19. The van der Waals surface area contributed by atoms with E-state index in [1.54, 1.807) is 24.5 Å². The number of H-pyrrole nitrogens is 1. The topological polar surface area (TPSA) is 84.8 Å². The fraction of sp³-hybridized carbons (Fsp3) is 0.0625. The van der Waals surface area contributed by atoms with Crippen LogP contribution in [0.5, 0.6) is 0 Å². The van der Waals surface area contributed by atoms with E-state index in [-0.39, 0.29) is 16.9 Å². The Morgan fingerprint density at radius 2 is 1.83 bits per heavy atom. The first-order chi connectivity index (χ1) is 11.1. The number of aromatic amines is 1.